The standard InChI is InChI=1S/2C10H7F3O2.2O.U/c2*11-10(12,13)9(15)6-8(14)7-4-2-1-3-5-7;;;/h2*1-6,15H;;;/q;;;;+2/p+2/b2*9-6-;;;. The molecule has 2 rings (SSSR count). The van der Waals surface area contributed by atoms with E-state index in [0.29, 0.717) is 0 Å². The summed E-state index contributed by atoms with van der Waals surface area (Å²) in [6, 6.07) is 15.3. The molecule has 0 radical (unpaired) electrons. The fourth-order valence-electron chi connectivity index (χ4n) is 1.81. The molecule has 0 aliphatic heterocycles. The molecule has 33 heavy (non-hydrogen) atoms. The van der Waals surface area contributed by atoms with Crippen molar-refractivity contribution in [2.75, 3.05) is 0 Å². The van der Waals surface area contributed by atoms with Crippen molar-refractivity contribution in [3.8, 4) is 0 Å². The van der Waals surface area contributed by atoms with Gasteiger partial charge in [0.2, 0.25) is 11.5 Å². The van der Waals surface area contributed by atoms with Crippen molar-refractivity contribution >= 4 is 11.6 Å². The van der Waals surface area contributed by atoms with Gasteiger partial charge in [-0.25, -0.2) is 0 Å². The van der Waals surface area contributed by atoms with E-state index >= 15 is 0 Å². The SMILES string of the molecule is O/C(=C\C(=[OH+])c1ccccc1)C(F)(F)F.O/C(=C\C(=[OH+])c1ccccc1)C(F)(F)F.[O]=[U+2]=[O]. The van der Waals surface area contributed by atoms with Gasteiger partial charge in [-0.3, -0.25) is 9.59 Å². The quantitative estimate of drug-likeness (QED) is 0.154. The van der Waals surface area contributed by atoms with Crippen LogP contribution in [0.3, 0.4) is 0 Å². The van der Waals surface area contributed by atoms with Crippen LogP contribution in [0.5, 0.6) is 0 Å². The molecule has 0 spiro atoms. The molecule has 0 unspecified atom stereocenters. The Labute approximate surface area is 197 Å². The molecule has 174 valence electrons. The van der Waals surface area contributed by atoms with Crippen LogP contribution in [0.15, 0.2) is 84.3 Å². The van der Waals surface area contributed by atoms with Crippen molar-refractivity contribution in [1.29, 1.82) is 0 Å². The normalized spacial score (nSPS) is 11.7. The first-order valence-corrected chi connectivity index (χ1v) is 11.8. The van der Waals surface area contributed by atoms with E-state index in [4.69, 9.17) is 14.7 Å². The molecule has 0 aliphatic carbocycles. The molecule has 2 aromatic carbocycles. The molecular weight excluding hydrogens is 688 g/mol. The van der Waals surface area contributed by atoms with Crippen LogP contribution in [0.1, 0.15) is 11.1 Å². The summed E-state index contributed by atoms with van der Waals surface area (Å²) >= 11 is -2.51. The first-order chi connectivity index (χ1) is 15.2. The summed E-state index contributed by atoms with van der Waals surface area (Å²) in [5.74, 6) is -4.93. The summed E-state index contributed by atoms with van der Waals surface area (Å²) in [6.45, 7) is 0. The van der Waals surface area contributed by atoms with Crippen LogP contribution in [0.4, 0.5) is 26.3 Å². The summed E-state index contributed by atoms with van der Waals surface area (Å²) < 4.78 is 88.5. The molecule has 0 saturated heterocycles. The van der Waals surface area contributed by atoms with E-state index in [1.807, 2.05) is 0 Å². The van der Waals surface area contributed by atoms with Crippen LogP contribution in [0.2, 0.25) is 0 Å². The first-order valence-electron chi connectivity index (χ1n) is 8.41. The van der Waals surface area contributed by atoms with Gasteiger partial charge in [0.15, 0.2) is 0 Å². The number of carbonyl (C=O) groups excluding carboxylic acids is 2. The average molecular weight is 704 g/mol. The Morgan fingerprint density at radius 2 is 0.909 bits per heavy atom. The predicted octanol–water partition coefficient (Wildman–Crippen LogP) is 4.93. The second kappa shape index (κ2) is 14.3. The van der Waals surface area contributed by atoms with Crippen molar-refractivity contribution in [3.63, 3.8) is 0 Å². The minimum atomic E-state index is -4.84. The fraction of sp³-hybridized carbons (Fsp3) is 0.100. The summed E-state index contributed by atoms with van der Waals surface area (Å²) in [5, 5.41) is 17.1. The molecule has 0 amide bonds. The third-order valence-corrected chi connectivity index (χ3v) is 3.27. The summed E-state index contributed by atoms with van der Waals surface area (Å²) in [7, 11) is 0. The molecule has 2 aromatic rings. The maximum atomic E-state index is 11.9. The van der Waals surface area contributed by atoms with Crippen molar-refractivity contribution in [2.24, 2.45) is 0 Å². The van der Waals surface area contributed by atoms with Gasteiger partial charge in [0.1, 0.15) is 0 Å². The van der Waals surface area contributed by atoms with Crippen molar-refractivity contribution < 1.29 is 78.4 Å². The molecule has 4 N–H and O–H groups in total. The van der Waals surface area contributed by atoms with Crippen LogP contribution in [0, 0.1) is 27.8 Å². The first kappa shape index (κ1) is 30.1. The second-order valence-corrected chi connectivity index (χ2v) is 6.33. The molecule has 0 bridgehead atoms. The monoisotopic (exact) mass is 704 g/mol. The number of aliphatic hydroxyl groups excluding tert-OH is 2. The van der Waals surface area contributed by atoms with E-state index in [2.05, 4.69) is 0 Å². The molecule has 0 atom stereocenters. The van der Waals surface area contributed by atoms with Crippen molar-refractivity contribution in [1.82, 2.24) is 0 Å². The Hall–Kier alpha value is -2.91. The third kappa shape index (κ3) is 12.6. The minimum absolute atomic E-state index is 0.202. The molecular formula is C20H16F6O6U+4. The van der Waals surface area contributed by atoms with Crippen LogP contribution in [0.25, 0.3) is 0 Å². The summed E-state index contributed by atoms with van der Waals surface area (Å²) in [5.41, 5.74) is 0.404. The topological polar surface area (TPSA) is 117 Å². The average Bonchev–Trinajstić information content (AvgIpc) is 2.74. The van der Waals surface area contributed by atoms with E-state index in [-0.39, 0.29) is 23.3 Å². The number of aliphatic hydroxyl groups is 2. The van der Waals surface area contributed by atoms with Crippen molar-refractivity contribution in [3.05, 3.63) is 95.5 Å². The zero-order valence-electron chi connectivity index (χ0n) is 16.3. The molecule has 0 aliphatic rings. The van der Waals surface area contributed by atoms with E-state index in [1.165, 1.54) is 24.3 Å². The van der Waals surface area contributed by atoms with Crippen LogP contribution < -0.4 is 0 Å². The molecule has 0 aromatic heterocycles. The van der Waals surface area contributed by atoms with E-state index in [1.54, 1.807) is 36.4 Å². The van der Waals surface area contributed by atoms with Crippen LogP contribution in [-0.2, 0) is 4.47 Å². The van der Waals surface area contributed by atoms with Gasteiger partial charge in [-0.2, -0.15) is 26.3 Å². The van der Waals surface area contributed by atoms with Gasteiger partial charge in [0.05, 0.1) is 23.3 Å². The van der Waals surface area contributed by atoms with E-state index in [9.17, 15) is 35.9 Å². The van der Waals surface area contributed by atoms with E-state index in [0.717, 1.165) is 0 Å². The molecule has 0 fully saturated rings. The molecule has 6 nitrogen and oxygen atoms in total. The number of halogens is 6. The number of hydrogen-bond acceptors (Lipinski definition) is 4. The molecule has 0 heterocycles. The van der Waals surface area contributed by atoms with Crippen LogP contribution >= 0.6 is 0 Å². The Balaban J connectivity index is 0.000000555. The third-order valence-electron chi connectivity index (χ3n) is 3.27. The summed E-state index contributed by atoms with van der Waals surface area (Å²) in [4.78, 5) is 18.5. The second-order valence-electron chi connectivity index (χ2n) is 5.64. The number of benzene rings is 2. The molecule has 0 saturated carbocycles. The van der Waals surface area contributed by atoms with Gasteiger partial charge in [0, 0.05) is 0 Å². The Kier molecular flexibility index (Phi) is 13.0. The predicted molar refractivity (Wildman–Crippen MR) is 99.9 cm³/mol. The number of rotatable bonds is 4. The number of ketones is 2. The zero-order chi connectivity index (χ0) is 25.7. The van der Waals surface area contributed by atoms with Gasteiger partial charge in [-0.05, 0) is 24.3 Å². The van der Waals surface area contributed by atoms with Gasteiger partial charge in [-0.1, -0.05) is 36.4 Å². The van der Waals surface area contributed by atoms with Gasteiger partial charge < -0.3 is 10.2 Å². The zero-order valence-corrected chi connectivity index (χ0v) is 20.5. The Morgan fingerprint density at radius 1 is 0.667 bits per heavy atom. The maximum absolute atomic E-state index is 11.9. The number of alkyl halides is 6. The summed E-state index contributed by atoms with van der Waals surface area (Å²) in [6.07, 6.45) is -9.14. The number of allylic oxidation sites excluding steroid dienone is 4. The Bertz CT molecular complexity index is 931. The Morgan fingerprint density at radius 3 is 1.12 bits per heavy atom. The van der Waals surface area contributed by atoms with Gasteiger partial charge >= 0.3 is 56.2 Å². The van der Waals surface area contributed by atoms with E-state index < -0.39 is 63.3 Å². The van der Waals surface area contributed by atoms with Gasteiger partial charge in [-0.15, -0.1) is 0 Å². The molecule has 13 heteroatoms. The fourth-order valence-corrected chi connectivity index (χ4v) is 1.81. The number of hydrogen-bond donors (Lipinski definition) is 2. The van der Waals surface area contributed by atoms with Crippen LogP contribution in [-0.4, -0.2) is 43.7 Å². The van der Waals surface area contributed by atoms with Crippen molar-refractivity contribution in [2.45, 2.75) is 12.4 Å². The van der Waals surface area contributed by atoms with Gasteiger partial charge in [0.25, 0.3) is 0 Å².